The van der Waals surface area contributed by atoms with Gasteiger partial charge in [-0.05, 0) is 55.2 Å². The van der Waals surface area contributed by atoms with Crippen LogP contribution >= 0.6 is 11.6 Å². The van der Waals surface area contributed by atoms with Crippen molar-refractivity contribution in [1.82, 2.24) is 25.1 Å². The minimum atomic E-state index is 0.321. The van der Waals surface area contributed by atoms with Gasteiger partial charge in [-0.15, -0.1) is 10.2 Å². The summed E-state index contributed by atoms with van der Waals surface area (Å²) in [4.78, 5) is 6.88. The molecule has 2 aromatic heterocycles. The summed E-state index contributed by atoms with van der Waals surface area (Å²) in [6.45, 7) is 6.34. The molecule has 0 radical (unpaired) electrons. The zero-order chi connectivity index (χ0) is 21.4. The highest BCUT2D eigenvalue weighted by Crippen LogP contribution is 2.34. The molecule has 5 rings (SSSR count). The Balaban J connectivity index is 1.45. The molecule has 1 saturated heterocycles. The number of anilines is 1. The third-order valence-electron chi connectivity index (χ3n) is 6.34. The average molecular weight is 437 g/mol. The van der Waals surface area contributed by atoms with Crippen molar-refractivity contribution in [3.63, 3.8) is 0 Å². The number of hydrogen-bond acceptors (Lipinski definition) is 5. The van der Waals surface area contributed by atoms with E-state index in [2.05, 4.69) is 63.0 Å². The summed E-state index contributed by atoms with van der Waals surface area (Å²) in [5, 5.41) is 13.9. The number of hydrogen-bond donors (Lipinski definition) is 1. The molecular weight excluding hydrogens is 408 g/mol. The highest BCUT2D eigenvalue weighted by molar-refractivity contribution is 6.30. The minimum absolute atomic E-state index is 0.321. The summed E-state index contributed by atoms with van der Waals surface area (Å²) >= 11 is 6.37. The van der Waals surface area contributed by atoms with Crippen LogP contribution in [0.5, 0.6) is 0 Å². The molecule has 1 N–H and O–H groups in total. The molecule has 1 fully saturated rings. The Morgan fingerprint density at radius 3 is 2.65 bits per heavy atom. The second-order valence-corrected chi connectivity index (χ2v) is 9.40. The third kappa shape index (κ3) is 4.19. The van der Waals surface area contributed by atoms with E-state index < -0.39 is 0 Å². The van der Waals surface area contributed by atoms with Crippen molar-refractivity contribution in [2.45, 2.75) is 57.5 Å². The largest absolute Gasteiger partial charge is 0.357 e. The van der Waals surface area contributed by atoms with E-state index >= 15 is 0 Å². The van der Waals surface area contributed by atoms with Crippen molar-refractivity contribution in [1.29, 1.82) is 0 Å². The molecule has 0 amide bonds. The van der Waals surface area contributed by atoms with Crippen LogP contribution in [0.2, 0.25) is 5.02 Å². The Bertz CT molecular complexity index is 1040. The van der Waals surface area contributed by atoms with Crippen molar-refractivity contribution in [3.05, 3.63) is 64.8 Å². The number of nitrogens with zero attached hydrogens (tertiary/aromatic N) is 5. The van der Waals surface area contributed by atoms with Gasteiger partial charge in [0.25, 0.3) is 0 Å². The zero-order valence-corrected chi connectivity index (χ0v) is 18.9. The molecule has 2 aliphatic rings. The molecule has 6 nitrogen and oxygen atoms in total. The zero-order valence-electron chi connectivity index (χ0n) is 18.1. The number of pyridine rings is 1. The van der Waals surface area contributed by atoms with Crippen molar-refractivity contribution >= 4 is 17.4 Å². The molecule has 7 heteroatoms. The number of nitrogens with one attached hydrogen (secondary N) is 1. The van der Waals surface area contributed by atoms with E-state index in [4.69, 9.17) is 16.7 Å². The molecule has 0 aliphatic carbocycles. The molecule has 0 saturated carbocycles. The fourth-order valence-corrected chi connectivity index (χ4v) is 5.17. The molecule has 1 aromatic carbocycles. The number of piperidine rings is 1. The van der Waals surface area contributed by atoms with Crippen molar-refractivity contribution in [3.8, 4) is 5.69 Å². The van der Waals surface area contributed by atoms with Gasteiger partial charge in [-0.2, -0.15) is 0 Å². The summed E-state index contributed by atoms with van der Waals surface area (Å²) in [6, 6.07) is 13.1. The van der Waals surface area contributed by atoms with Crippen LogP contribution in [0.1, 0.15) is 49.8 Å². The number of rotatable bonds is 4. The Morgan fingerprint density at radius 1 is 1.06 bits per heavy atom. The Kier molecular flexibility index (Phi) is 5.67. The lowest BCUT2D eigenvalue weighted by atomic mass is 9.95. The number of fused-ring (bicyclic) bond motifs is 3. The van der Waals surface area contributed by atoms with Gasteiger partial charge in [-0.25, -0.2) is 4.98 Å². The van der Waals surface area contributed by atoms with Gasteiger partial charge in [0.1, 0.15) is 17.5 Å². The van der Waals surface area contributed by atoms with Gasteiger partial charge in [-0.3, -0.25) is 4.57 Å². The predicted octanol–water partition coefficient (Wildman–Crippen LogP) is 4.16. The van der Waals surface area contributed by atoms with Gasteiger partial charge in [0.2, 0.25) is 0 Å². The number of benzene rings is 1. The van der Waals surface area contributed by atoms with E-state index in [1.807, 2.05) is 18.3 Å². The van der Waals surface area contributed by atoms with Crippen LogP contribution in [0, 0.1) is 0 Å². The summed E-state index contributed by atoms with van der Waals surface area (Å²) in [7, 11) is 0. The second kappa shape index (κ2) is 8.60. The molecule has 3 aromatic rings. The normalized spacial score (nSPS) is 19.2. The van der Waals surface area contributed by atoms with Gasteiger partial charge in [-0.1, -0.05) is 31.5 Å². The maximum absolute atomic E-state index is 6.37. The van der Waals surface area contributed by atoms with Crippen LogP contribution in [0.4, 0.5) is 5.82 Å². The summed E-state index contributed by atoms with van der Waals surface area (Å²) in [5.74, 6) is 3.58. The highest BCUT2D eigenvalue weighted by atomic mass is 35.5. The van der Waals surface area contributed by atoms with E-state index in [-0.39, 0.29) is 0 Å². The maximum atomic E-state index is 6.37. The fourth-order valence-electron chi connectivity index (χ4n) is 4.98. The lowest BCUT2D eigenvalue weighted by molar-refractivity contribution is 0.453. The van der Waals surface area contributed by atoms with E-state index in [0.29, 0.717) is 18.0 Å². The Morgan fingerprint density at radius 2 is 1.90 bits per heavy atom. The van der Waals surface area contributed by atoms with E-state index in [9.17, 15) is 0 Å². The molecule has 1 unspecified atom stereocenters. The van der Waals surface area contributed by atoms with Crippen LogP contribution in [0.15, 0.2) is 42.6 Å². The molecular formula is C24H29ClN6. The average Bonchev–Trinajstić information content (AvgIpc) is 3.11. The summed E-state index contributed by atoms with van der Waals surface area (Å²) in [5.41, 5.74) is 2.44. The molecule has 162 valence electrons. The SMILES string of the molecule is CC(C)NC1Cc2cc(Cl)ccc2-n2c(nnc2C2CCN(c3ccccn3)CC2)C1. The van der Waals surface area contributed by atoms with Crippen molar-refractivity contribution in [2.75, 3.05) is 18.0 Å². The standard InChI is InChI=1S/C24H29ClN6/c1-16(2)27-20-14-18-13-19(25)6-7-21(18)31-23(15-20)28-29-24(31)17-8-11-30(12-9-17)22-5-3-4-10-26-22/h3-7,10,13,16-17,20,27H,8-9,11-12,14-15H2,1-2H3. The van der Waals surface area contributed by atoms with E-state index in [1.165, 1.54) is 11.3 Å². The first-order chi connectivity index (χ1) is 15.1. The van der Waals surface area contributed by atoms with Gasteiger partial charge >= 0.3 is 0 Å². The second-order valence-electron chi connectivity index (χ2n) is 8.96. The van der Waals surface area contributed by atoms with Crippen LogP contribution in [-0.2, 0) is 12.8 Å². The first kappa shape index (κ1) is 20.5. The Labute approximate surface area is 188 Å². The first-order valence-electron chi connectivity index (χ1n) is 11.2. The van der Waals surface area contributed by atoms with Crippen LogP contribution < -0.4 is 10.2 Å². The minimum Gasteiger partial charge on any atom is -0.357 e. The molecule has 0 spiro atoms. The van der Waals surface area contributed by atoms with E-state index in [1.54, 1.807) is 0 Å². The quantitative estimate of drug-likeness (QED) is 0.665. The van der Waals surface area contributed by atoms with Crippen molar-refractivity contribution < 1.29 is 0 Å². The Hall–Kier alpha value is -2.44. The van der Waals surface area contributed by atoms with Gasteiger partial charge in [0.05, 0.1) is 5.69 Å². The molecule has 4 heterocycles. The molecule has 1 atom stereocenters. The molecule has 31 heavy (non-hydrogen) atoms. The summed E-state index contributed by atoms with van der Waals surface area (Å²) < 4.78 is 2.31. The topological polar surface area (TPSA) is 58.9 Å². The molecule has 0 bridgehead atoms. The number of aromatic nitrogens is 4. The van der Waals surface area contributed by atoms with Crippen LogP contribution in [-0.4, -0.2) is 44.9 Å². The van der Waals surface area contributed by atoms with Crippen LogP contribution in [0.25, 0.3) is 5.69 Å². The summed E-state index contributed by atoms with van der Waals surface area (Å²) in [6.07, 6.45) is 5.76. The monoisotopic (exact) mass is 436 g/mol. The highest BCUT2D eigenvalue weighted by Gasteiger charge is 2.31. The molecule has 2 aliphatic heterocycles. The van der Waals surface area contributed by atoms with E-state index in [0.717, 1.165) is 61.3 Å². The van der Waals surface area contributed by atoms with Gasteiger partial charge in [0, 0.05) is 48.7 Å². The van der Waals surface area contributed by atoms with Gasteiger partial charge < -0.3 is 10.2 Å². The smallest absolute Gasteiger partial charge is 0.140 e. The van der Waals surface area contributed by atoms with Crippen LogP contribution in [0.3, 0.4) is 0 Å². The van der Waals surface area contributed by atoms with Crippen molar-refractivity contribution in [2.24, 2.45) is 0 Å². The van der Waals surface area contributed by atoms with Gasteiger partial charge in [0.15, 0.2) is 0 Å². The fraction of sp³-hybridized carbons (Fsp3) is 0.458. The maximum Gasteiger partial charge on any atom is 0.140 e. The first-order valence-corrected chi connectivity index (χ1v) is 11.6. The predicted molar refractivity (Wildman–Crippen MR) is 124 cm³/mol. The number of halogens is 1. The third-order valence-corrected chi connectivity index (χ3v) is 6.57. The lowest BCUT2D eigenvalue weighted by Gasteiger charge is -2.32. The lowest BCUT2D eigenvalue weighted by Crippen LogP contribution is -2.37.